The molecule has 1 fully saturated rings. The first-order valence-electron chi connectivity index (χ1n) is 9.01. The summed E-state index contributed by atoms with van der Waals surface area (Å²) >= 11 is 1.24. The third kappa shape index (κ3) is 3.93. The summed E-state index contributed by atoms with van der Waals surface area (Å²) in [6.07, 6.45) is 2.18. The molecule has 1 saturated heterocycles. The Morgan fingerprint density at radius 3 is 2.79 bits per heavy atom. The van der Waals surface area contributed by atoms with Gasteiger partial charge in [-0.15, -0.1) is 16.8 Å². The van der Waals surface area contributed by atoms with Crippen molar-refractivity contribution in [1.82, 2.24) is 24.3 Å². The third-order valence-corrected chi connectivity index (χ3v) is 7.58. The van der Waals surface area contributed by atoms with Crippen molar-refractivity contribution in [2.45, 2.75) is 36.3 Å². The van der Waals surface area contributed by atoms with Crippen LogP contribution in [0, 0.1) is 0 Å². The molecule has 1 aliphatic rings. The largest absolute Gasteiger partial charge is 0.320 e. The van der Waals surface area contributed by atoms with Crippen molar-refractivity contribution < 1.29 is 17.2 Å². The molecule has 0 saturated carbocycles. The lowest BCUT2D eigenvalue weighted by atomic mass is 10.1. The van der Waals surface area contributed by atoms with Gasteiger partial charge in [-0.25, -0.2) is 13.4 Å². The molecule has 0 spiro atoms. The second-order valence-electron chi connectivity index (χ2n) is 6.79. The monoisotopic (exact) mass is 439 g/mol. The molecule has 4 rings (SSSR count). The van der Waals surface area contributed by atoms with Crippen LogP contribution < -0.4 is 0 Å². The molecule has 1 aromatic carbocycles. The predicted molar refractivity (Wildman–Crippen MR) is 107 cm³/mol. The Kier molecular flexibility index (Phi) is 5.43. The summed E-state index contributed by atoms with van der Waals surface area (Å²) in [6, 6.07) is 6.76. The molecule has 0 aliphatic carbocycles. The van der Waals surface area contributed by atoms with Gasteiger partial charge in [-0.2, -0.15) is 8.78 Å². The van der Waals surface area contributed by atoms with Crippen LogP contribution >= 0.6 is 11.8 Å². The van der Waals surface area contributed by atoms with E-state index < -0.39 is 16.4 Å². The van der Waals surface area contributed by atoms with Gasteiger partial charge in [0.2, 0.25) is 0 Å². The fourth-order valence-electron chi connectivity index (χ4n) is 3.55. The molecule has 7 nitrogen and oxygen atoms in total. The molecule has 0 radical (unpaired) electrons. The first-order valence-corrected chi connectivity index (χ1v) is 11.8. The number of fused-ring (bicyclic) bond motifs is 1. The number of hydrogen-bond donors (Lipinski definition) is 0. The molecular formula is C18H19F2N5O2S2. The van der Waals surface area contributed by atoms with Gasteiger partial charge in [0.1, 0.15) is 11.6 Å². The van der Waals surface area contributed by atoms with Gasteiger partial charge in [0, 0.05) is 12.5 Å². The lowest BCUT2D eigenvalue weighted by molar-refractivity contribution is 0.0722. The van der Waals surface area contributed by atoms with Crippen LogP contribution in [-0.2, 0) is 22.1 Å². The highest BCUT2D eigenvalue weighted by molar-refractivity contribution is 7.98. The Morgan fingerprint density at radius 2 is 2.10 bits per heavy atom. The number of hydrogen-bond acceptors (Lipinski definition) is 6. The highest BCUT2D eigenvalue weighted by atomic mass is 32.2. The smallest absolute Gasteiger partial charge is 0.302 e. The molecule has 0 unspecified atom stereocenters. The second-order valence-corrected chi connectivity index (χ2v) is 9.96. The van der Waals surface area contributed by atoms with Crippen molar-refractivity contribution in [3.63, 3.8) is 0 Å². The summed E-state index contributed by atoms with van der Waals surface area (Å²) in [7, 11) is -3.06. The number of para-hydroxylation sites is 2. The Balaban J connectivity index is 1.62. The highest BCUT2D eigenvalue weighted by Crippen LogP contribution is 2.32. The average Bonchev–Trinajstić information content (AvgIpc) is 3.34. The van der Waals surface area contributed by atoms with E-state index in [-0.39, 0.29) is 29.0 Å². The number of thioether (sulfide) groups is 1. The standard InChI is InChI=1S/C18H19F2N5O2S2/c1-2-8-24-16(12-7-9-29(26,27)11-12)22-23-18(24)28-10-15-21-13-5-3-4-6-14(13)25(15)17(19)20/h2-6,12,17H,1,7-11H2/t12-/m1/s1. The number of sulfone groups is 1. The van der Waals surface area contributed by atoms with E-state index in [4.69, 9.17) is 0 Å². The minimum Gasteiger partial charge on any atom is -0.302 e. The zero-order valence-corrected chi connectivity index (χ0v) is 17.0. The van der Waals surface area contributed by atoms with Crippen LogP contribution in [0.3, 0.4) is 0 Å². The quantitative estimate of drug-likeness (QED) is 0.415. The number of halogens is 2. The second kappa shape index (κ2) is 7.86. The van der Waals surface area contributed by atoms with E-state index in [0.29, 0.717) is 35.0 Å². The first kappa shape index (κ1) is 20.0. The summed E-state index contributed by atoms with van der Waals surface area (Å²) in [4.78, 5) is 4.33. The molecule has 3 aromatic rings. The highest BCUT2D eigenvalue weighted by Gasteiger charge is 2.33. The van der Waals surface area contributed by atoms with Crippen LogP contribution in [0.1, 0.15) is 30.5 Å². The average molecular weight is 440 g/mol. The van der Waals surface area contributed by atoms with Crippen molar-refractivity contribution in [3.8, 4) is 0 Å². The van der Waals surface area contributed by atoms with E-state index in [1.807, 2.05) is 0 Å². The van der Waals surface area contributed by atoms with Crippen LogP contribution in [0.4, 0.5) is 8.78 Å². The molecular weight excluding hydrogens is 420 g/mol. The van der Waals surface area contributed by atoms with E-state index in [1.54, 1.807) is 34.9 Å². The number of alkyl halides is 2. The van der Waals surface area contributed by atoms with Gasteiger partial charge in [-0.3, -0.25) is 4.57 Å². The van der Waals surface area contributed by atoms with Crippen molar-refractivity contribution in [2.75, 3.05) is 11.5 Å². The molecule has 11 heteroatoms. The number of allylic oxidation sites excluding steroid dienone is 1. The van der Waals surface area contributed by atoms with Crippen molar-refractivity contribution in [3.05, 3.63) is 48.6 Å². The summed E-state index contributed by atoms with van der Waals surface area (Å²) in [5.41, 5.74) is 0.885. The van der Waals surface area contributed by atoms with E-state index in [2.05, 4.69) is 21.8 Å². The van der Waals surface area contributed by atoms with E-state index in [9.17, 15) is 17.2 Å². The van der Waals surface area contributed by atoms with E-state index in [0.717, 1.165) is 4.57 Å². The Labute approximate surface area is 170 Å². The van der Waals surface area contributed by atoms with E-state index >= 15 is 0 Å². The maximum atomic E-state index is 13.6. The lowest BCUT2D eigenvalue weighted by Gasteiger charge is -2.11. The first-order chi connectivity index (χ1) is 13.9. The summed E-state index contributed by atoms with van der Waals surface area (Å²) in [5, 5.41) is 8.90. The predicted octanol–water partition coefficient (Wildman–Crippen LogP) is 3.40. The molecule has 0 bridgehead atoms. The van der Waals surface area contributed by atoms with E-state index in [1.165, 1.54) is 11.8 Å². The number of benzene rings is 1. The van der Waals surface area contributed by atoms with Crippen molar-refractivity contribution >= 4 is 32.6 Å². The maximum Gasteiger partial charge on any atom is 0.320 e. The van der Waals surface area contributed by atoms with Crippen LogP contribution in [0.5, 0.6) is 0 Å². The van der Waals surface area contributed by atoms with Crippen LogP contribution in [0.2, 0.25) is 0 Å². The van der Waals surface area contributed by atoms with Crippen molar-refractivity contribution in [2.24, 2.45) is 0 Å². The van der Waals surface area contributed by atoms with Gasteiger partial charge in [0.25, 0.3) is 0 Å². The van der Waals surface area contributed by atoms with Crippen LogP contribution in [0.15, 0.2) is 42.1 Å². The molecule has 29 heavy (non-hydrogen) atoms. The maximum absolute atomic E-state index is 13.6. The molecule has 2 aromatic heterocycles. The van der Waals surface area contributed by atoms with Crippen LogP contribution in [-0.4, -0.2) is 44.2 Å². The topological polar surface area (TPSA) is 82.7 Å². The van der Waals surface area contributed by atoms with Gasteiger partial charge in [-0.1, -0.05) is 30.0 Å². The Bertz CT molecular complexity index is 1160. The van der Waals surface area contributed by atoms with Crippen molar-refractivity contribution in [1.29, 1.82) is 0 Å². The van der Waals surface area contributed by atoms with Gasteiger partial charge < -0.3 is 4.57 Å². The van der Waals surface area contributed by atoms with Crippen LogP contribution in [0.25, 0.3) is 11.0 Å². The third-order valence-electron chi connectivity index (χ3n) is 4.85. The number of nitrogens with zero attached hydrogens (tertiary/aromatic N) is 5. The van der Waals surface area contributed by atoms with Gasteiger partial charge >= 0.3 is 6.55 Å². The van der Waals surface area contributed by atoms with Gasteiger partial charge in [0.15, 0.2) is 15.0 Å². The lowest BCUT2D eigenvalue weighted by Crippen LogP contribution is -2.11. The number of aromatic nitrogens is 5. The molecule has 0 amide bonds. The fraction of sp³-hybridized carbons (Fsp3) is 0.389. The molecule has 1 atom stereocenters. The normalized spacial score (nSPS) is 18.7. The van der Waals surface area contributed by atoms with Gasteiger partial charge in [-0.05, 0) is 18.6 Å². The number of imidazole rings is 1. The van der Waals surface area contributed by atoms with Gasteiger partial charge in [0.05, 0.1) is 28.3 Å². The minimum absolute atomic E-state index is 0.0497. The SMILES string of the molecule is C=CCn1c(SCc2nc3ccccc3n2C(F)F)nnc1[C@@H]1CCS(=O)(=O)C1. The number of rotatable bonds is 7. The fourth-order valence-corrected chi connectivity index (χ4v) is 6.17. The molecule has 154 valence electrons. The molecule has 0 N–H and O–H groups in total. The summed E-state index contributed by atoms with van der Waals surface area (Å²) < 4.78 is 53.6. The molecule has 3 heterocycles. The minimum atomic E-state index is -3.06. The Hall–Kier alpha value is -2.27. The summed E-state index contributed by atoms with van der Waals surface area (Å²) in [6.45, 7) is 1.44. The molecule has 1 aliphatic heterocycles. The summed E-state index contributed by atoms with van der Waals surface area (Å²) in [5.74, 6) is 0.984. The Morgan fingerprint density at radius 1 is 1.31 bits per heavy atom. The zero-order valence-electron chi connectivity index (χ0n) is 15.4. The zero-order chi connectivity index (χ0) is 20.6.